The first-order valence-corrected chi connectivity index (χ1v) is 6.16. The maximum atomic E-state index is 5.04. The van der Waals surface area contributed by atoms with Gasteiger partial charge in [0, 0.05) is 24.7 Å². The van der Waals surface area contributed by atoms with Crippen molar-refractivity contribution in [3.05, 3.63) is 18.3 Å². The third-order valence-electron chi connectivity index (χ3n) is 3.52. The van der Waals surface area contributed by atoms with Crippen molar-refractivity contribution in [2.24, 2.45) is 0 Å². The molecule has 1 fully saturated rings. The second-order valence-corrected chi connectivity index (χ2v) is 4.78. The molecule has 2 rings (SSSR count). The maximum Gasteiger partial charge on any atom is 0.213 e. The van der Waals surface area contributed by atoms with Gasteiger partial charge in [0.15, 0.2) is 0 Å². The molecule has 2 heterocycles. The van der Waals surface area contributed by atoms with Gasteiger partial charge < -0.3 is 15.0 Å². The van der Waals surface area contributed by atoms with Gasteiger partial charge in [-0.3, -0.25) is 0 Å². The number of nitrogens with zero attached hydrogens (tertiary/aromatic N) is 2. The lowest BCUT2D eigenvalue weighted by molar-refractivity contribution is 0.190. The van der Waals surface area contributed by atoms with Crippen LogP contribution in [-0.4, -0.2) is 42.7 Å². The minimum Gasteiger partial charge on any atom is -0.481 e. The number of aromatic nitrogens is 1. The SMILES string of the molecule is COc1ccc(NC2CCN(C)C(C)C2)cn1. The lowest BCUT2D eigenvalue weighted by atomic mass is 9.99. The zero-order valence-corrected chi connectivity index (χ0v) is 10.8. The standard InChI is InChI=1S/C13H21N3O/c1-10-8-11(6-7-16(10)2)15-12-4-5-13(17-3)14-9-12/h4-5,9-11,15H,6-8H2,1-3H3. The number of nitrogens with one attached hydrogen (secondary N) is 1. The molecule has 0 radical (unpaired) electrons. The van der Waals surface area contributed by atoms with E-state index in [1.54, 1.807) is 7.11 Å². The van der Waals surface area contributed by atoms with E-state index in [1.165, 1.54) is 12.8 Å². The first-order valence-electron chi connectivity index (χ1n) is 6.16. The Morgan fingerprint density at radius 2 is 2.29 bits per heavy atom. The number of piperidine rings is 1. The quantitative estimate of drug-likeness (QED) is 0.869. The number of anilines is 1. The second kappa shape index (κ2) is 5.36. The number of ether oxygens (including phenoxy) is 1. The summed E-state index contributed by atoms with van der Waals surface area (Å²) in [5.41, 5.74) is 1.08. The third-order valence-corrected chi connectivity index (χ3v) is 3.52. The molecule has 0 saturated carbocycles. The van der Waals surface area contributed by atoms with Crippen molar-refractivity contribution >= 4 is 5.69 Å². The minimum atomic E-state index is 0.552. The minimum absolute atomic E-state index is 0.552. The summed E-state index contributed by atoms with van der Waals surface area (Å²) in [6.07, 6.45) is 4.21. The molecule has 1 N–H and O–H groups in total. The molecular formula is C13H21N3O. The van der Waals surface area contributed by atoms with Crippen LogP contribution in [0.4, 0.5) is 5.69 Å². The predicted octanol–water partition coefficient (Wildman–Crippen LogP) is 1.98. The average molecular weight is 235 g/mol. The summed E-state index contributed by atoms with van der Waals surface area (Å²) in [6.45, 7) is 3.43. The van der Waals surface area contributed by atoms with E-state index >= 15 is 0 Å². The topological polar surface area (TPSA) is 37.4 Å². The van der Waals surface area contributed by atoms with Crippen LogP contribution in [0.25, 0.3) is 0 Å². The van der Waals surface area contributed by atoms with E-state index in [9.17, 15) is 0 Å². The van der Waals surface area contributed by atoms with Gasteiger partial charge >= 0.3 is 0 Å². The van der Waals surface area contributed by atoms with Crippen LogP contribution in [0.5, 0.6) is 5.88 Å². The molecule has 1 aliphatic heterocycles. The second-order valence-electron chi connectivity index (χ2n) is 4.78. The predicted molar refractivity (Wildman–Crippen MR) is 69.5 cm³/mol. The average Bonchev–Trinajstić information content (AvgIpc) is 2.35. The van der Waals surface area contributed by atoms with Gasteiger partial charge in [-0.05, 0) is 32.9 Å². The summed E-state index contributed by atoms with van der Waals surface area (Å²) in [7, 11) is 3.82. The van der Waals surface area contributed by atoms with Gasteiger partial charge in [0.2, 0.25) is 5.88 Å². The Morgan fingerprint density at radius 1 is 1.47 bits per heavy atom. The highest BCUT2D eigenvalue weighted by molar-refractivity contribution is 5.43. The van der Waals surface area contributed by atoms with E-state index in [1.807, 2.05) is 18.3 Å². The number of methoxy groups -OCH3 is 1. The molecule has 1 aromatic heterocycles. The van der Waals surface area contributed by atoms with Gasteiger partial charge in [0.25, 0.3) is 0 Å². The zero-order chi connectivity index (χ0) is 12.3. The van der Waals surface area contributed by atoms with E-state index in [-0.39, 0.29) is 0 Å². The van der Waals surface area contributed by atoms with E-state index < -0.39 is 0 Å². The van der Waals surface area contributed by atoms with Crippen LogP contribution in [0.1, 0.15) is 19.8 Å². The first-order chi connectivity index (χ1) is 8.19. The van der Waals surface area contributed by atoms with E-state index in [4.69, 9.17) is 4.74 Å². The molecule has 0 bridgehead atoms. The molecule has 0 aromatic carbocycles. The van der Waals surface area contributed by atoms with Crippen molar-refractivity contribution in [3.63, 3.8) is 0 Å². The number of likely N-dealkylation sites (tertiary alicyclic amines) is 1. The Labute approximate surface area is 103 Å². The fraction of sp³-hybridized carbons (Fsp3) is 0.615. The van der Waals surface area contributed by atoms with Crippen molar-refractivity contribution < 1.29 is 4.74 Å². The van der Waals surface area contributed by atoms with Crippen molar-refractivity contribution in [1.29, 1.82) is 0 Å². The van der Waals surface area contributed by atoms with Gasteiger partial charge in [-0.25, -0.2) is 4.98 Å². The summed E-state index contributed by atoms with van der Waals surface area (Å²) in [5, 5.41) is 3.54. The van der Waals surface area contributed by atoms with Crippen molar-refractivity contribution in [2.45, 2.75) is 31.8 Å². The Hall–Kier alpha value is -1.29. The molecule has 0 amide bonds. The number of hydrogen-bond acceptors (Lipinski definition) is 4. The summed E-state index contributed by atoms with van der Waals surface area (Å²) < 4.78 is 5.04. The molecule has 4 heteroatoms. The zero-order valence-electron chi connectivity index (χ0n) is 10.8. The summed E-state index contributed by atoms with van der Waals surface area (Å²) >= 11 is 0. The van der Waals surface area contributed by atoms with Gasteiger partial charge in [-0.2, -0.15) is 0 Å². The van der Waals surface area contributed by atoms with Gasteiger partial charge in [0.05, 0.1) is 19.0 Å². The maximum absolute atomic E-state index is 5.04. The summed E-state index contributed by atoms with van der Waals surface area (Å²) in [5.74, 6) is 0.660. The van der Waals surface area contributed by atoms with E-state index in [0.717, 1.165) is 12.2 Å². The van der Waals surface area contributed by atoms with Crippen LogP contribution in [-0.2, 0) is 0 Å². The Bertz CT molecular complexity index is 352. The number of hydrogen-bond donors (Lipinski definition) is 1. The molecule has 4 nitrogen and oxygen atoms in total. The van der Waals surface area contributed by atoms with E-state index in [0.29, 0.717) is 18.0 Å². The normalized spacial score (nSPS) is 25.6. The number of rotatable bonds is 3. The largest absolute Gasteiger partial charge is 0.481 e. The van der Waals surface area contributed by atoms with Crippen LogP contribution in [0, 0.1) is 0 Å². The smallest absolute Gasteiger partial charge is 0.213 e. The highest BCUT2D eigenvalue weighted by atomic mass is 16.5. The highest BCUT2D eigenvalue weighted by Gasteiger charge is 2.22. The molecule has 0 aliphatic carbocycles. The lowest BCUT2D eigenvalue weighted by Gasteiger charge is -2.35. The van der Waals surface area contributed by atoms with Gasteiger partial charge in [-0.15, -0.1) is 0 Å². The molecule has 2 unspecified atom stereocenters. The van der Waals surface area contributed by atoms with Gasteiger partial charge in [-0.1, -0.05) is 0 Å². The molecular weight excluding hydrogens is 214 g/mol. The van der Waals surface area contributed by atoms with E-state index in [2.05, 4.69) is 29.2 Å². The lowest BCUT2D eigenvalue weighted by Crippen LogP contribution is -2.42. The highest BCUT2D eigenvalue weighted by Crippen LogP contribution is 2.20. The fourth-order valence-corrected chi connectivity index (χ4v) is 2.24. The third kappa shape index (κ3) is 3.09. The first kappa shape index (κ1) is 12.2. The monoisotopic (exact) mass is 235 g/mol. The molecule has 17 heavy (non-hydrogen) atoms. The molecule has 0 spiro atoms. The molecule has 1 aliphatic rings. The fourth-order valence-electron chi connectivity index (χ4n) is 2.24. The Balaban J connectivity index is 1.92. The molecule has 1 aromatic rings. The van der Waals surface area contributed by atoms with Crippen LogP contribution >= 0.6 is 0 Å². The van der Waals surface area contributed by atoms with Crippen LogP contribution < -0.4 is 10.1 Å². The van der Waals surface area contributed by atoms with Crippen molar-refractivity contribution in [1.82, 2.24) is 9.88 Å². The molecule has 1 saturated heterocycles. The van der Waals surface area contributed by atoms with Gasteiger partial charge in [0.1, 0.15) is 0 Å². The Kier molecular flexibility index (Phi) is 3.84. The van der Waals surface area contributed by atoms with Crippen LogP contribution in [0.15, 0.2) is 18.3 Å². The molecule has 94 valence electrons. The summed E-state index contributed by atoms with van der Waals surface area (Å²) in [6, 6.07) is 5.11. The van der Waals surface area contributed by atoms with Crippen molar-refractivity contribution in [3.8, 4) is 5.88 Å². The molecule has 2 atom stereocenters. The Morgan fingerprint density at radius 3 is 2.88 bits per heavy atom. The van der Waals surface area contributed by atoms with Crippen molar-refractivity contribution in [2.75, 3.05) is 26.0 Å². The number of pyridine rings is 1. The van der Waals surface area contributed by atoms with Crippen LogP contribution in [0.2, 0.25) is 0 Å². The summed E-state index contributed by atoms with van der Waals surface area (Å²) in [4.78, 5) is 6.61. The van der Waals surface area contributed by atoms with Crippen LogP contribution in [0.3, 0.4) is 0 Å².